The predicted octanol–water partition coefficient (Wildman–Crippen LogP) is 2.87. The van der Waals surface area contributed by atoms with Gasteiger partial charge in [0.15, 0.2) is 0 Å². The van der Waals surface area contributed by atoms with Gasteiger partial charge in [-0.1, -0.05) is 16.8 Å². The fourth-order valence-corrected chi connectivity index (χ4v) is 1.56. The Bertz CT molecular complexity index is 568. The Hall–Kier alpha value is -1.60. The van der Waals surface area contributed by atoms with Gasteiger partial charge in [0, 0.05) is 5.56 Å². The molecule has 0 atom stereocenters. The average molecular weight is 278 g/mol. The zero-order chi connectivity index (χ0) is 13.3. The van der Waals surface area contributed by atoms with Crippen molar-refractivity contribution >= 4 is 11.6 Å². The maximum Gasteiger partial charge on any atom is 0.417 e. The number of hydrogen-bond acceptors (Lipinski definition) is 4. The summed E-state index contributed by atoms with van der Waals surface area (Å²) in [6.45, 7) is 0.0206. The highest BCUT2D eigenvalue weighted by molar-refractivity contribution is 6.31. The van der Waals surface area contributed by atoms with Gasteiger partial charge < -0.3 is 10.3 Å². The van der Waals surface area contributed by atoms with Gasteiger partial charge in [0.1, 0.15) is 0 Å². The topological polar surface area (TPSA) is 64.9 Å². The summed E-state index contributed by atoms with van der Waals surface area (Å²) in [5, 5.41) is 3.15. The van der Waals surface area contributed by atoms with Crippen molar-refractivity contribution in [1.82, 2.24) is 10.1 Å². The van der Waals surface area contributed by atoms with E-state index in [2.05, 4.69) is 10.1 Å². The van der Waals surface area contributed by atoms with E-state index in [1.54, 1.807) is 0 Å². The molecule has 0 radical (unpaired) electrons. The van der Waals surface area contributed by atoms with Crippen molar-refractivity contribution < 1.29 is 17.7 Å². The third-order valence-electron chi connectivity index (χ3n) is 2.17. The van der Waals surface area contributed by atoms with Gasteiger partial charge in [-0.15, -0.1) is 0 Å². The fourth-order valence-electron chi connectivity index (χ4n) is 1.34. The van der Waals surface area contributed by atoms with Gasteiger partial charge in [-0.2, -0.15) is 18.2 Å². The third kappa shape index (κ3) is 2.46. The van der Waals surface area contributed by atoms with E-state index in [-0.39, 0.29) is 28.8 Å². The number of alkyl halides is 3. The smallest absolute Gasteiger partial charge is 0.338 e. The zero-order valence-electron chi connectivity index (χ0n) is 8.83. The molecule has 2 aromatic rings. The number of nitrogens with zero attached hydrogens (tertiary/aromatic N) is 2. The summed E-state index contributed by atoms with van der Waals surface area (Å²) in [5.74, 6) is 0.186. The quantitative estimate of drug-likeness (QED) is 0.917. The van der Waals surface area contributed by atoms with Gasteiger partial charge in [-0.05, 0) is 18.2 Å². The van der Waals surface area contributed by atoms with Gasteiger partial charge in [-0.3, -0.25) is 0 Å². The molecule has 0 aliphatic rings. The molecule has 1 aromatic heterocycles. The molecule has 0 spiro atoms. The second kappa shape index (κ2) is 4.58. The lowest BCUT2D eigenvalue weighted by molar-refractivity contribution is -0.137. The molecule has 1 heterocycles. The Kier molecular flexibility index (Phi) is 3.27. The van der Waals surface area contributed by atoms with E-state index < -0.39 is 11.7 Å². The summed E-state index contributed by atoms with van der Waals surface area (Å²) in [7, 11) is 0. The van der Waals surface area contributed by atoms with E-state index in [4.69, 9.17) is 21.9 Å². The van der Waals surface area contributed by atoms with Crippen molar-refractivity contribution in [3.8, 4) is 11.4 Å². The van der Waals surface area contributed by atoms with E-state index >= 15 is 0 Å². The lowest BCUT2D eigenvalue weighted by atomic mass is 10.1. The molecular weight excluding hydrogens is 271 g/mol. The average Bonchev–Trinajstić information content (AvgIpc) is 2.76. The van der Waals surface area contributed by atoms with Crippen LogP contribution in [-0.2, 0) is 12.7 Å². The molecule has 2 N–H and O–H groups in total. The number of aromatic nitrogens is 2. The van der Waals surface area contributed by atoms with Crippen LogP contribution in [0.25, 0.3) is 11.4 Å². The molecule has 1 aromatic carbocycles. The van der Waals surface area contributed by atoms with Gasteiger partial charge in [0.2, 0.25) is 11.7 Å². The van der Waals surface area contributed by atoms with Gasteiger partial charge in [-0.25, -0.2) is 0 Å². The minimum absolute atomic E-state index is 0.0206. The summed E-state index contributed by atoms with van der Waals surface area (Å²) in [6, 6.07) is 3.38. The Balaban J connectivity index is 2.47. The molecule has 0 saturated carbocycles. The van der Waals surface area contributed by atoms with E-state index in [0.29, 0.717) is 0 Å². The summed E-state index contributed by atoms with van der Waals surface area (Å²) in [4.78, 5) is 3.84. The third-order valence-corrected chi connectivity index (χ3v) is 2.50. The number of benzene rings is 1. The van der Waals surface area contributed by atoms with Crippen molar-refractivity contribution in [2.45, 2.75) is 12.7 Å². The van der Waals surface area contributed by atoms with Crippen molar-refractivity contribution in [2.24, 2.45) is 5.73 Å². The molecule has 0 saturated heterocycles. The van der Waals surface area contributed by atoms with Crippen LogP contribution in [0.1, 0.15) is 11.5 Å². The monoisotopic (exact) mass is 277 g/mol. The van der Waals surface area contributed by atoms with Crippen LogP contribution in [0.3, 0.4) is 0 Å². The van der Waals surface area contributed by atoms with Crippen LogP contribution in [-0.4, -0.2) is 10.1 Å². The first-order valence-electron chi connectivity index (χ1n) is 4.81. The lowest BCUT2D eigenvalue weighted by Gasteiger charge is -2.09. The van der Waals surface area contributed by atoms with Crippen LogP contribution in [0.15, 0.2) is 22.7 Å². The molecule has 2 rings (SSSR count). The molecular formula is C10H7ClF3N3O. The summed E-state index contributed by atoms with van der Waals surface area (Å²) < 4.78 is 42.7. The van der Waals surface area contributed by atoms with Crippen molar-refractivity contribution in [2.75, 3.05) is 0 Å². The molecule has 8 heteroatoms. The van der Waals surface area contributed by atoms with Crippen LogP contribution in [0.4, 0.5) is 13.2 Å². The van der Waals surface area contributed by atoms with E-state index in [1.165, 1.54) is 6.07 Å². The number of nitrogens with two attached hydrogens (primary N) is 1. The number of rotatable bonds is 2. The first-order valence-corrected chi connectivity index (χ1v) is 5.19. The van der Waals surface area contributed by atoms with Crippen LogP contribution >= 0.6 is 11.6 Å². The Morgan fingerprint density at radius 3 is 2.61 bits per heavy atom. The molecule has 0 aliphatic carbocycles. The van der Waals surface area contributed by atoms with Gasteiger partial charge in [0.25, 0.3) is 0 Å². The first-order chi connectivity index (χ1) is 8.41. The molecule has 0 fully saturated rings. The summed E-state index contributed by atoms with van der Waals surface area (Å²) >= 11 is 5.50. The highest BCUT2D eigenvalue weighted by atomic mass is 35.5. The van der Waals surface area contributed by atoms with Crippen molar-refractivity contribution in [3.63, 3.8) is 0 Å². The van der Waals surface area contributed by atoms with E-state index in [1.807, 2.05) is 0 Å². The van der Waals surface area contributed by atoms with Gasteiger partial charge >= 0.3 is 6.18 Å². The van der Waals surface area contributed by atoms with Gasteiger partial charge in [0.05, 0.1) is 17.1 Å². The fraction of sp³-hybridized carbons (Fsp3) is 0.200. The molecule has 96 valence electrons. The SMILES string of the molecule is NCc1nc(-c2ccc(Cl)c(C(F)(F)F)c2)no1. The second-order valence-electron chi connectivity index (χ2n) is 3.41. The second-order valence-corrected chi connectivity index (χ2v) is 3.82. The molecule has 0 unspecified atom stereocenters. The Morgan fingerprint density at radius 2 is 2.06 bits per heavy atom. The van der Waals surface area contributed by atoms with Crippen molar-refractivity contribution in [3.05, 3.63) is 34.7 Å². The van der Waals surface area contributed by atoms with Crippen LogP contribution in [0.5, 0.6) is 0 Å². The van der Waals surface area contributed by atoms with Crippen LogP contribution < -0.4 is 5.73 Å². The molecule has 0 aliphatic heterocycles. The maximum absolute atomic E-state index is 12.6. The largest absolute Gasteiger partial charge is 0.417 e. The van der Waals surface area contributed by atoms with E-state index in [0.717, 1.165) is 12.1 Å². The summed E-state index contributed by atoms with van der Waals surface area (Å²) in [6.07, 6.45) is -4.53. The first kappa shape index (κ1) is 12.8. The highest BCUT2D eigenvalue weighted by Crippen LogP contribution is 2.36. The lowest BCUT2D eigenvalue weighted by Crippen LogP contribution is -2.06. The molecule has 4 nitrogen and oxygen atoms in total. The van der Waals surface area contributed by atoms with E-state index in [9.17, 15) is 13.2 Å². The number of halogens is 4. The molecule has 18 heavy (non-hydrogen) atoms. The minimum Gasteiger partial charge on any atom is -0.338 e. The zero-order valence-corrected chi connectivity index (χ0v) is 9.59. The maximum atomic E-state index is 12.6. The highest BCUT2D eigenvalue weighted by Gasteiger charge is 2.33. The normalized spacial score (nSPS) is 11.8. The predicted molar refractivity (Wildman–Crippen MR) is 57.6 cm³/mol. The summed E-state index contributed by atoms with van der Waals surface area (Å²) in [5.41, 5.74) is 4.49. The van der Waals surface area contributed by atoms with Crippen molar-refractivity contribution in [1.29, 1.82) is 0 Å². The Labute approximate surface area is 105 Å². The standard InChI is InChI=1S/C10H7ClF3N3O/c11-7-2-1-5(3-6(7)10(12,13)14)9-16-8(4-15)18-17-9/h1-3H,4,15H2. The van der Waals surface area contributed by atoms with Crippen LogP contribution in [0.2, 0.25) is 5.02 Å². The molecule has 0 bridgehead atoms. The molecule has 0 amide bonds. The Morgan fingerprint density at radius 1 is 1.33 bits per heavy atom. The number of hydrogen-bond donors (Lipinski definition) is 1. The van der Waals surface area contributed by atoms with Crippen LogP contribution in [0, 0.1) is 0 Å². The minimum atomic E-state index is -4.53.